The van der Waals surface area contributed by atoms with Crippen molar-refractivity contribution in [2.24, 2.45) is 0 Å². The summed E-state index contributed by atoms with van der Waals surface area (Å²) in [5.74, 6) is 0. The van der Waals surface area contributed by atoms with E-state index in [9.17, 15) is 5.11 Å². The topological polar surface area (TPSA) is 23.5 Å². The Bertz CT molecular complexity index is 378. The van der Waals surface area contributed by atoms with Gasteiger partial charge in [0.05, 0.1) is 22.7 Å². The summed E-state index contributed by atoms with van der Waals surface area (Å²) in [5, 5.41) is 10.7. The first-order chi connectivity index (χ1) is 8.24. The first-order valence-electron chi connectivity index (χ1n) is 6.03. The van der Waals surface area contributed by atoms with Crippen molar-refractivity contribution in [2.75, 3.05) is 19.7 Å². The molecule has 1 aliphatic heterocycles. The molecule has 4 heteroatoms. The van der Waals surface area contributed by atoms with Crippen molar-refractivity contribution in [3.8, 4) is 0 Å². The molecule has 1 aromatic carbocycles. The molecular weight excluding hydrogens is 257 g/mol. The molecule has 1 aliphatic rings. The van der Waals surface area contributed by atoms with Crippen molar-refractivity contribution in [2.45, 2.75) is 25.3 Å². The lowest BCUT2D eigenvalue weighted by atomic mass is 10.0. The molecule has 1 N–H and O–H groups in total. The molecule has 1 fully saturated rings. The zero-order valence-corrected chi connectivity index (χ0v) is 11.2. The van der Waals surface area contributed by atoms with Crippen LogP contribution in [0.4, 0.5) is 0 Å². The highest BCUT2D eigenvalue weighted by atomic mass is 35.5. The van der Waals surface area contributed by atoms with E-state index in [1.54, 1.807) is 6.07 Å². The SMILES string of the molecule is OC[C@H](c1cccc(Cl)c1Cl)N1CCCCC1. The molecule has 0 aliphatic carbocycles. The van der Waals surface area contributed by atoms with E-state index >= 15 is 0 Å². The minimum atomic E-state index is -0.0264. The standard InChI is InChI=1S/C13H17Cl2NO/c14-11-6-4-5-10(13(11)15)12(9-17)16-7-2-1-3-8-16/h4-6,12,17H,1-3,7-9H2/t12-/m1/s1. The zero-order valence-electron chi connectivity index (χ0n) is 9.70. The maximum Gasteiger partial charge on any atom is 0.0641 e. The fourth-order valence-electron chi connectivity index (χ4n) is 2.42. The molecule has 2 nitrogen and oxygen atoms in total. The number of benzene rings is 1. The van der Waals surface area contributed by atoms with Crippen molar-refractivity contribution in [3.63, 3.8) is 0 Å². The van der Waals surface area contributed by atoms with E-state index in [4.69, 9.17) is 23.2 Å². The van der Waals surface area contributed by atoms with Crippen LogP contribution in [0.5, 0.6) is 0 Å². The Labute approximate surface area is 112 Å². The molecule has 1 aromatic rings. The molecular formula is C13H17Cl2NO. The molecule has 17 heavy (non-hydrogen) atoms. The van der Waals surface area contributed by atoms with Gasteiger partial charge in [-0.2, -0.15) is 0 Å². The Kier molecular flexibility index (Phi) is 4.69. The van der Waals surface area contributed by atoms with Crippen molar-refractivity contribution in [1.82, 2.24) is 4.90 Å². The number of halogens is 2. The monoisotopic (exact) mass is 273 g/mol. The summed E-state index contributed by atoms with van der Waals surface area (Å²) in [6.07, 6.45) is 3.65. The second-order valence-electron chi connectivity index (χ2n) is 4.44. The lowest BCUT2D eigenvalue weighted by Gasteiger charge is -2.34. The fraction of sp³-hybridized carbons (Fsp3) is 0.538. The van der Waals surface area contributed by atoms with E-state index in [0.717, 1.165) is 18.7 Å². The van der Waals surface area contributed by atoms with Gasteiger partial charge in [0.15, 0.2) is 0 Å². The number of likely N-dealkylation sites (tertiary alicyclic amines) is 1. The molecule has 0 amide bonds. The Morgan fingerprint density at radius 2 is 1.88 bits per heavy atom. The summed E-state index contributed by atoms with van der Waals surface area (Å²) >= 11 is 12.2. The van der Waals surface area contributed by atoms with Gasteiger partial charge in [-0.3, -0.25) is 4.90 Å². The molecule has 1 saturated heterocycles. The highest BCUT2D eigenvalue weighted by molar-refractivity contribution is 6.42. The molecule has 0 aromatic heterocycles. The summed E-state index contributed by atoms with van der Waals surface area (Å²) in [7, 11) is 0. The van der Waals surface area contributed by atoms with Gasteiger partial charge in [0.1, 0.15) is 0 Å². The third-order valence-electron chi connectivity index (χ3n) is 3.34. The summed E-state index contributed by atoms with van der Waals surface area (Å²) in [4.78, 5) is 2.29. The predicted molar refractivity (Wildman–Crippen MR) is 71.7 cm³/mol. The normalized spacial score (nSPS) is 19.2. The van der Waals surface area contributed by atoms with Crippen molar-refractivity contribution >= 4 is 23.2 Å². The number of hydrogen-bond acceptors (Lipinski definition) is 2. The molecule has 94 valence electrons. The molecule has 0 bridgehead atoms. The average molecular weight is 274 g/mol. The van der Waals surface area contributed by atoms with E-state index < -0.39 is 0 Å². The van der Waals surface area contributed by atoms with E-state index in [2.05, 4.69) is 4.90 Å². The first kappa shape index (κ1) is 13.2. The van der Waals surface area contributed by atoms with Crippen LogP contribution < -0.4 is 0 Å². The van der Waals surface area contributed by atoms with Crippen LogP contribution in [0.3, 0.4) is 0 Å². The molecule has 0 spiro atoms. The minimum absolute atomic E-state index is 0.0264. The van der Waals surface area contributed by atoms with Crippen LogP contribution in [0, 0.1) is 0 Å². The third-order valence-corrected chi connectivity index (χ3v) is 4.18. The molecule has 2 rings (SSSR count). The van der Waals surface area contributed by atoms with Crippen LogP contribution in [0.2, 0.25) is 10.0 Å². The Balaban J connectivity index is 2.24. The van der Waals surface area contributed by atoms with Gasteiger partial charge < -0.3 is 5.11 Å². The van der Waals surface area contributed by atoms with Gasteiger partial charge in [-0.1, -0.05) is 41.8 Å². The van der Waals surface area contributed by atoms with E-state index in [1.165, 1.54) is 19.3 Å². The maximum absolute atomic E-state index is 9.60. The lowest BCUT2D eigenvalue weighted by Crippen LogP contribution is -2.35. The van der Waals surface area contributed by atoms with Gasteiger partial charge in [-0.15, -0.1) is 0 Å². The predicted octanol–water partition coefficient (Wildman–Crippen LogP) is 3.51. The van der Waals surface area contributed by atoms with E-state index in [0.29, 0.717) is 10.0 Å². The highest BCUT2D eigenvalue weighted by Crippen LogP contribution is 2.33. The minimum Gasteiger partial charge on any atom is -0.394 e. The number of hydrogen-bond donors (Lipinski definition) is 1. The van der Waals surface area contributed by atoms with Crippen LogP contribution in [-0.2, 0) is 0 Å². The van der Waals surface area contributed by atoms with Crippen LogP contribution in [-0.4, -0.2) is 29.7 Å². The Morgan fingerprint density at radius 1 is 1.18 bits per heavy atom. The van der Waals surface area contributed by atoms with Gasteiger partial charge in [-0.25, -0.2) is 0 Å². The quantitative estimate of drug-likeness (QED) is 0.911. The molecule has 0 unspecified atom stereocenters. The van der Waals surface area contributed by atoms with Crippen LogP contribution >= 0.6 is 23.2 Å². The zero-order chi connectivity index (χ0) is 12.3. The second-order valence-corrected chi connectivity index (χ2v) is 5.22. The molecule has 0 radical (unpaired) electrons. The average Bonchev–Trinajstić information content (AvgIpc) is 2.37. The van der Waals surface area contributed by atoms with Crippen molar-refractivity contribution < 1.29 is 5.11 Å². The molecule has 1 heterocycles. The summed E-state index contributed by atoms with van der Waals surface area (Å²) in [5.41, 5.74) is 0.934. The number of nitrogens with zero attached hydrogens (tertiary/aromatic N) is 1. The first-order valence-corrected chi connectivity index (χ1v) is 6.78. The number of piperidine rings is 1. The highest BCUT2D eigenvalue weighted by Gasteiger charge is 2.23. The van der Waals surface area contributed by atoms with E-state index in [-0.39, 0.29) is 12.6 Å². The smallest absolute Gasteiger partial charge is 0.0641 e. The third kappa shape index (κ3) is 2.94. The fourth-order valence-corrected chi connectivity index (χ4v) is 2.85. The summed E-state index contributed by atoms with van der Waals surface area (Å²) < 4.78 is 0. The van der Waals surface area contributed by atoms with Crippen molar-refractivity contribution in [1.29, 1.82) is 0 Å². The van der Waals surface area contributed by atoms with Gasteiger partial charge in [-0.05, 0) is 37.6 Å². The largest absolute Gasteiger partial charge is 0.394 e. The molecule has 0 saturated carbocycles. The van der Waals surface area contributed by atoms with Crippen molar-refractivity contribution in [3.05, 3.63) is 33.8 Å². The maximum atomic E-state index is 9.60. The van der Waals surface area contributed by atoms with Crippen LogP contribution in [0.1, 0.15) is 30.9 Å². The number of rotatable bonds is 3. The van der Waals surface area contributed by atoms with Crippen LogP contribution in [0.15, 0.2) is 18.2 Å². The molecule has 1 atom stereocenters. The number of aliphatic hydroxyl groups is 1. The Hall–Kier alpha value is -0.280. The van der Waals surface area contributed by atoms with Crippen LogP contribution in [0.25, 0.3) is 0 Å². The summed E-state index contributed by atoms with van der Waals surface area (Å²) in [6, 6.07) is 5.58. The Morgan fingerprint density at radius 3 is 2.53 bits per heavy atom. The van der Waals surface area contributed by atoms with E-state index in [1.807, 2.05) is 12.1 Å². The van der Waals surface area contributed by atoms with Gasteiger partial charge >= 0.3 is 0 Å². The lowest BCUT2D eigenvalue weighted by molar-refractivity contribution is 0.104. The number of aliphatic hydroxyl groups excluding tert-OH is 1. The second kappa shape index (κ2) is 6.05. The van der Waals surface area contributed by atoms with Gasteiger partial charge in [0, 0.05) is 0 Å². The van der Waals surface area contributed by atoms with Gasteiger partial charge in [0.25, 0.3) is 0 Å². The van der Waals surface area contributed by atoms with Gasteiger partial charge in [0.2, 0.25) is 0 Å². The summed E-state index contributed by atoms with van der Waals surface area (Å²) in [6.45, 7) is 2.13.